The molecule has 39 heavy (non-hydrogen) atoms. The molecule has 1 aromatic heterocycles. The molecule has 1 aliphatic rings. The Morgan fingerprint density at radius 1 is 1.00 bits per heavy atom. The van der Waals surface area contributed by atoms with Crippen LogP contribution in [-0.2, 0) is 0 Å². The second-order valence-corrected chi connectivity index (χ2v) is 9.34. The molecule has 0 bridgehead atoms. The first-order valence-corrected chi connectivity index (χ1v) is 12.4. The van der Waals surface area contributed by atoms with Crippen LogP contribution in [0.4, 0.5) is 29.7 Å². The van der Waals surface area contributed by atoms with Crippen molar-refractivity contribution in [1.29, 1.82) is 5.53 Å². The molecule has 0 atom stereocenters. The van der Waals surface area contributed by atoms with E-state index in [1.807, 2.05) is 31.3 Å². The van der Waals surface area contributed by atoms with Gasteiger partial charge in [0, 0.05) is 23.1 Å². The maximum absolute atomic E-state index is 14.1. The number of imide groups is 1. The van der Waals surface area contributed by atoms with Crippen LogP contribution >= 0.6 is 0 Å². The lowest BCUT2D eigenvalue weighted by atomic mass is 9.93. The van der Waals surface area contributed by atoms with Crippen LogP contribution in [0.3, 0.4) is 0 Å². The standard InChI is InChI=1S/C27H28F2N6O4/c1-16-11-12-17(2)33(16)23-14-13-19(15-20(23)25(36)37)34(18-7-4-3-5-8-18)27(39)35(32-30)26(38)31-24-21(28)9-6-10-22(24)29/h6,9-15,18,30H,3-5,7-8H2,1-2H3,(H,31,38)(H,36,37). The number of carbonyl (C=O) groups is 3. The van der Waals surface area contributed by atoms with E-state index >= 15 is 0 Å². The van der Waals surface area contributed by atoms with Gasteiger partial charge in [0.15, 0.2) is 0 Å². The second-order valence-electron chi connectivity index (χ2n) is 9.34. The van der Waals surface area contributed by atoms with E-state index in [1.165, 1.54) is 11.0 Å². The number of aryl methyl sites for hydroxylation is 2. The first-order valence-electron chi connectivity index (χ1n) is 12.4. The number of halogens is 2. The Labute approximate surface area is 223 Å². The minimum Gasteiger partial charge on any atom is -0.478 e. The number of benzene rings is 2. The van der Waals surface area contributed by atoms with E-state index in [-0.39, 0.29) is 16.3 Å². The number of rotatable bonds is 6. The summed E-state index contributed by atoms with van der Waals surface area (Å²) >= 11 is 0. The number of para-hydroxylation sites is 1. The number of hydrogen-bond acceptors (Lipinski definition) is 5. The highest BCUT2D eigenvalue weighted by atomic mass is 19.1. The number of nitrogens with one attached hydrogen (secondary N) is 2. The summed E-state index contributed by atoms with van der Waals surface area (Å²) in [5.74, 6) is -3.35. The highest BCUT2D eigenvalue weighted by molar-refractivity contribution is 6.07. The molecule has 12 heteroatoms. The van der Waals surface area contributed by atoms with Crippen LogP contribution in [0.15, 0.2) is 53.8 Å². The maximum atomic E-state index is 14.1. The van der Waals surface area contributed by atoms with Crippen molar-refractivity contribution in [2.75, 3.05) is 10.2 Å². The number of carboxylic acid groups (broad SMARTS) is 1. The van der Waals surface area contributed by atoms with E-state index in [2.05, 4.69) is 5.22 Å². The van der Waals surface area contributed by atoms with Gasteiger partial charge in [0.05, 0.1) is 11.3 Å². The number of carboxylic acids is 1. The van der Waals surface area contributed by atoms with Gasteiger partial charge in [0.1, 0.15) is 17.3 Å². The molecule has 1 aliphatic carbocycles. The summed E-state index contributed by atoms with van der Waals surface area (Å²) in [5, 5.41) is 15.2. The van der Waals surface area contributed by atoms with Crippen LogP contribution in [0, 0.1) is 31.0 Å². The van der Waals surface area contributed by atoms with Crippen molar-refractivity contribution in [1.82, 2.24) is 9.58 Å². The Balaban J connectivity index is 1.75. The summed E-state index contributed by atoms with van der Waals surface area (Å²) in [6, 6.07) is 8.38. The third-order valence-corrected chi connectivity index (χ3v) is 6.81. The van der Waals surface area contributed by atoms with Gasteiger partial charge in [0.2, 0.25) is 0 Å². The zero-order chi connectivity index (χ0) is 28.3. The van der Waals surface area contributed by atoms with Crippen LogP contribution in [0.2, 0.25) is 0 Å². The molecule has 10 nitrogen and oxygen atoms in total. The minimum atomic E-state index is -1.34. The zero-order valence-electron chi connectivity index (χ0n) is 21.4. The van der Waals surface area contributed by atoms with E-state index in [0.717, 1.165) is 48.8 Å². The first kappa shape index (κ1) is 27.4. The fourth-order valence-corrected chi connectivity index (χ4v) is 4.96. The molecule has 204 valence electrons. The van der Waals surface area contributed by atoms with E-state index in [0.29, 0.717) is 18.5 Å². The molecule has 0 aliphatic heterocycles. The maximum Gasteiger partial charge on any atom is 0.355 e. The van der Waals surface area contributed by atoms with E-state index in [4.69, 9.17) is 5.53 Å². The number of hydrogen-bond donors (Lipinski definition) is 3. The molecule has 3 N–H and O–H groups in total. The zero-order valence-corrected chi connectivity index (χ0v) is 21.4. The summed E-state index contributed by atoms with van der Waals surface area (Å²) in [6.45, 7) is 3.68. The fraction of sp³-hybridized carbons (Fsp3) is 0.296. The van der Waals surface area contributed by atoms with Gasteiger partial charge in [-0.2, -0.15) is 5.53 Å². The summed E-state index contributed by atoms with van der Waals surface area (Å²) in [6.07, 6.45) is 3.68. The average molecular weight is 539 g/mol. The number of urea groups is 2. The normalized spacial score (nSPS) is 13.5. The van der Waals surface area contributed by atoms with Gasteiger partial charge in [0.25, 0.3) is 0 Å². The van der Waals surface area contributed by atoms with Crippen molar-refractivity contribution in [2.45, 2.75) is 52.0 Å². The average Bonchev–Trinajstić information content (AvgIpc) is 3.25. The molecule has 3 aromatic rings. The third-order valence-electron chi connectivity index (χ3n) is 6.81. The second kappa shape index (κ2) is 11.4. The number of aromatic nitrogens is 1. The van der Waals surface area contributed by atoms with Crippen molar-refractivity contribution < 1.29 is 28.3 Å². The highest BCUT2D eigenvalue weighted by Gasteiger charge is 2.35. The monoisotopic (exact) mass is 538 g/mol. The molecule has 2 aromatic carbocycles. The predicted molar refractivity (Wildman–Crippen MR) is 139 cm³/mol. The summed E-state index contributed by atoms with van der Waals surface area (Å²) < 4.78 is 30.0. The van der Waals surface area contributed by atoms with Crippen LogP contribution in [0.25, 0.3) is 5.69 Å². The molecule has 4 rings (SSSR count). The first-order chi connectivity index (χ1) is 18.6. The van der Waals surface area contributed by atoms with Crippen molar-refractivity contribution in [3.05, 3.63) is 77.1 Å². The van der Waals surface area contributed by atoms with Gasteiger partial charge in [-0.3, -0.25) is 4.90 Å². The SMILES string of the molecule is Cc1ccc(C)n1-c1ccc(N(C(=O)N(N=N)C(=O)Nc2c(F)cccc2F)C2CCCCC2)cc1C(=O)O. The van der Waals surface area contributed by atoms with Crippen molar-refractivity contribution in [2.24, 2.45) is 5.22 Å². The molecule has 1 saturated carbocycles. The molecular formula is C27H28F2N6O4. The van der Waals surface area contributed by atoms with Gasteiger partial charge >= 0.3 is 18.0 Å². The number of carbonyl (C=O) groups excluding carboxylic acids is 2. The topological polar surface area (TPSA) is 131 Å². The van der Waals surface area contributed by atoms with Crippen molar-refractivity contribution >= 4 is 29.4 Å². The Bertz CT molecular complexity index is 1390. The quantitative estimate of drug-likeness (QED) is 0.235. The molecule has 0 radical (unpaired) electrons. The Morgan fingerprint density at radius 2 is 1.62 bits per heavy atom. The molecule has 0 spiro atoms. The fourth-order valence-electron chi connectivity index (χ4n) is 4.96. The lowest BCUT2D eigenvalue weighted by Crippen LogP contribution is -2.50. The molecule has 4 amide bonds. The lowest BCUT2D eigenvalue weighted by Gasteiger charge is -2.35. The van der Waals surface area contributed by atoms with E-state index in [9.17, 15) is 28.3 Å². The summed E-state index contributed by atoms with van der Waals surface area (Å²) in [4.78, 5) is 40.2. The van der Waals surface area contributed by atoms with Gasteiger partial charge in [-0.1, -0.05) is 30.6 Å². The van der Waals surface area contributed by atoms with E-state index < -0.39 is 41.4 Å². The predicted octanol–water partition coefficient (Wildman–Crippen LogP) is 6.81. The lowest BCUT2D eigenvalue weighted by molar-refractivity contribution is 0.0696. The number of aromatic carboxylic acids is 1. The van der Waals surface area contributed by atoms with Crippen molar-refractivity contribution in [3.63, 3.8) is 0 Å². The van der Waals surface area contributed by atoms with Gasteiger partial charge in [-0.05, 0) is 69.2 Å². The Kier molecular flexibility index (Phi) is 8.03. The van der Waals surface area contributed by atoms with Crippen LogP contribution in [0.1, 0.15) is 53.8 Å². The Morgan fingerprint density at radius 3 is 2.18 bits per heavy atom. The summed E-state index contributed by atoms with van der Waals surface area (Å²) in [7, 11) is 0. The smallest absolute Gasteiger partial charge is 0.355 e. The van der Waals surface area contributed by atoms with E-state index in [1.54, 1.807) is 16.7 Å². The number of anilines is 2. The van der Waals surface area contributed by atoms with Crippen molar-refractivity contribution in [3.8, 4) is 5.69 Å². The summed E-state index contributed by atoms with van der Waals surface area (Å²) in [5.41, 5.74) is 8.87. The molecule has 0 unspecified atom stereocenters. The molecular weight excluding hydrogens is 510 g/mol. The van der Waals surface area contributed by atoms with Gasteiger partial charge in [-0.15, -0.1) is 5.01 Å². The number of nitrogens with zero attached hydrogens (tertiary/aromatic N) is 4. The Hall–Kier alpha value is -4.61. The molecule has 0 saturated heterocycles. The third kappa shape index (κ3) is 5.49. The largest absolute Gasteiger partial charge is 0.478 e. The van der Waals surface area contributed by atoms with Crippen LogP contribution < -0.4 is 10.2 Å². The van der Waals surface area contributed by atoms with Gasteiger partial charge < -0.3 is 15.0 Å². The number of amides is 4. The molecule has 1 fully saturated rings. The van der Waals surface area contributed by atoms with Crippen LogP contribution in [0.5, 0.6) is 0 Å². The molecule has 1 heterocycles. The van der Waals surface area contributed by atoms with Crippen LogP contribution in [-0.4, -0.2) is 38.8 Å². The highest BCUT2D eigenvalue weighted by Crippen LogP contribution is 2.32. The van der Waals surface area contributed by atoms with Gasteiger partial charge in [-0.25, -0.2) is 23.2 Å². The minimum absolute atomic E-state index is 0.0734.